The lowest BCUT2D eigenvalue weighted by molar-refractivity contribution is -0.275. The molecule has 0 aliphatic heterocycles. The molecule has 28 heavy (non-hydrogen) atoms. The SMILES string of the molecule is COC(=O)c1c(Oc2ccc(OC(F)(F)F)c(F)c2OC)cc(Cl)c(C)c1F. The Kier molecular flexibility index (Phi) is 6.23. The highest BCUT2D eigenvalue weighted by Crippen LogP contribution is 2.42. The van der Waals surface area contributed by atoms with Gasteiger partial charge in [-0.15, -0.1) is 13.2 Å². The first-order valence-electron chi connectivity index (χ1n) is 7.37. The molecule has 0 spiro atoms. The molecule has 0 N–H and O–H groups in total. The Bertz CT molecular complexity index is 914. The first-order chi connectivity index (χ1) is 13.0. The van der Waals surface area contributed by atoms with Crippen molar-refractivity contribution in [2.45, 2.75) is 13.3 Å². The van der Waals surface area contributed by atoms with E-state index in [1.54, 1.807) is 0 Å². The molecule has 2 rings (SSSR count). The smallest absolute Gasteiger partial charge is 0.490 e. The van der Waals surface area contributed by atoms with Crippen molar-refractivity contribution in [3.05, 3.63) is 46.0 Å². The fraction of sp³-hybridized carbons (Fsp3) is 0.235. The third-order valence-electron chi connectivity index (χ3n) is 3.48. The van der Waals surface area contributed by atoms with E-state index in [1.165, 1.54) is 6.92 Å². The van der Waals surface area contributed by atoms with Crippen molar-refractivity contribution in [1.82, 2.24) is 0 Å². The van der Waals surface area contributed by atoms with E-state index in [0.717, 1.165) is 26.4 Å². The van der Waals surface area contributed by atoms with Gasteiger partial charge in [0.05, 0.1) is 19.2 Å². The summed E-state index contributed by atoms with van der Waals surface area (Å²) in [6.45, 7) is 1.30. The van der Waals surface area contributed by atoms with Crippen LogP contribution in [0.3, 0.4) is 0 Å². The molecule has 0 radical (unpaired) electrons. The van der Waals surface area contributed by atoms with Crippen molar-refractivity contribution < 1.29 is 45.7 Å². The highest BCUT2D eigenvalue weighted by atomic mass is 35.5. The van der Waals surface area contributed by atoms with Crippen LogP contribution < -0.4 is 14.2 Å². The lowest BCUT2D eigenvalue weighted by atomic mass is 10.1. The number of ether oxygens (including phenoxy) is 4. The van der Waals surface area contributed by atoms with Gasteiger partial charge in [-0.3, -0.25) is 0 Å². The van der Waals surface area contributed by atoms with Crippen LogP contribution in [0, 0.1) is 18.6 Å². The molecular weight excluding hydrogens is 415 g/mol. The number of carbonyl (C=O) groups excluding carboxylic acids is 1. The van der Waals surface area contributed by atoms with Gasteiger partial charge in [0.15, 0.2) is 11.5 Å². The highest BCUT2D eigenvalue weighted by molar-refractivity contribution is 6.31. The van der Waals surface area contributed by atoms with E-state index in [-0.39, 0.29) is 10.6 Å². The molecule has 0 aromatic heterocycles. The molecule has 0 fully saturated rings. The summed E-state index contributed by atoms with van der Waals surface area (Å²) >= 11 is 5.89. The van der Waals surface area contributed by atoms with Crippen molar-refractivity contribution in [1.29, 1.82) is 0 Å². The summed E-state index contributed by atoms with van der Waals surface area (Å²) in [4.78, 5) is 11.9. The zero-order valence-corrected chi connectivity index (χ0v) is 15.3. The average molecular weight is 427 g/mol. The predicted octanol–water partition coefficient (Wildman–Crippen LogP) is 5.41. The summed E-state index contributed by atoms with van der Waals surface area (Å²) in [7, 11) is 1.96. The maximum Gasteiger partial charge on any atom is 0.573 e. The zero-order chi connectivity index (χ0) is 21.2. The second-order valence-corrected chi connectivity index (χ2v) is 5.63. The Morgan fingerprint density at radius 3 is 2.18 bits per heavy atom. The molecule has 0 bridgehead atoms. The zero-order valence-electron chi connectivity index (χ0n) is 14.5. The van der Waals surface area contributed by atoms with Gasteiger partial charge in [0.2, 0.25) is 11.6 Å². The third-order valence-corrected chi connectivity index (χ3v) is 3.87. The van der Waals surface area contributed by atoms with Crippen LogP contribution in [0.15, 0.2) is 18.2 Å². The van der Waals surface area contributed by atoms with E-state index >= 15 is 0 Å². The van der Waals surface area contributed by atoms with Gasteiger partial charge in [-0.1, -0.05) is 11.6 Å². The van der Waals surface area contributed by atoms with Crippen molar-refractivity contribution in [3.63, 3.8) is 0 Å². The summed E-state index contributed by atoms with van der Waals surface area (Å²) in [5.41, 5.74) is -0.705. The first kappa shape index (κ1) is 21.5. The molecule has 0 unspecified atom stereocenters. The molecule has 11 heteroatoms. The van der Waals surface area contributed by atoms with E-state index in [1.807, 2.05) is 0 Å². The van der Waals surface area contributed by atoms with Gasteiger partial charge in [-0.05, 0) is 19.1 Å². The van der Waals surface area contributed by atoms with Crippen LogP contribution in [-0.4, -0.2) is 26.6 Å². The molecule has 0 atom stereocenters. The Labute approximate surface area is 160 Å². The van der Waals surface area contributed by atoms with Crippen LogP contribution in [0.1, 0.15) is 15.9 Å². The number of hydrogen-bond donors (Lipinski definition) is 0. The molecular formula is C17H12ClF5O5. The molecule has 0 aliphatic carbocycles. The van der Waals surface area contributed by atoms with E-state index < -0.39 is 52.5 Å². The predicted molar refractivity (Wildman–Crippen MR) is 87.2 cm³/mol. The molecule has 0 amide bonds. The van der Waals surface area contributed by atoms with Crippen molar-refractivity contribution in [2.24, 2.45) is 0 Å². The number of benzene rings is 2. The monoisotopic (exact) mass is 426 g/mol. The van der Waals surface area contributed by atoms with Crippen LogP contribution >= 0.6 is 11.6 Å². The molecule has 2 aromatic carbocycles. The number of hydrogen-bond acceptors (Lipinski definition) is 5. The molecule has 0 aliphatic rings. The van der Waals surface area contributed by atoms with E-state index in [4.69, 9.17) is 21.1 Å². The van der Waals surface area contributed by atoms with Gasteiger partial charge < -0.3 is 18.9 Å². The first-order valence-corrected chi connectivity index (χ1v) is 7.75. The van der Waals surface area contributed by atoms with Crippen LogP contribution in [0.2, 0.25) is 5.02 Å². The van der Waals surface area contributed by atoms with Gasteiger partial charge in [-0.25, -0.2) is 9.18 Å². The number of carbonyl (C=O) groups is 1. The number of rotatable bonds is 5. The van der Waals surface area contributed by atoms with Gasteiger partial charge in [0.1, 0.15) is 17.1 Å². The molecule has 0 saturated heterocycles. The summed E-state index contributed by atoms with van der Waals surface area (Å²) in [6, 6.07) is 2.59. The topological polar surface area (TPSA) is 54.0 Å². The lowest BCUT2D eigenvalue weighted by Gasteiger charge is -2.17. The second kappa shape index (κ2) is 8.09. The van der Waals surface area contributed by atoms with Crippen molar-refractivity contribution >= 4 is 17.6 Å². The fourth-order valence-corrected chi connectivity index (χ4v) is 2.36. The normalized spacial score (nSPS) is 11.2. The summed E-state index contributed by atoms with van der Waals surface area (Å²) in [5.74, 6) is -6.51. The van der Waals surface area contributed by atoms with Crippen LogP contribution in [0.25, 0.3) is 0 Å². The molecule has 5 nitrogen and oxygen atoms in total. The molecule has 0 heterocycles. The van der Waals surface area contributed by atoms with E-state index in [0.29, 0.717) is 6.07 Å². The van der Waals surface area contributed by atoms with Crippen molar-refractivity contribution in [2.75, 3.05) is 14.2 Å². The van der Waals surface area contributed by atoms with Crippen molar-refractivity contribution in [3.8, 4) is 23.0 Å². The summed E-state index contributed by atoms with van der Waals surface area (Å²) < 4.78 is 83.9. The maximum absolute atomic E-state index is 14.5. The highest BCUT2D eigenvalue weighted by Gasteiger charge is 2.34. The Morgan fingerprint density at radius 1 is 1.04 bits per heavy atom. The second-order valence-electron chi connectivity index (χ2n) is 5.22. The standard InChI is InChI=1S/C17H12ClF5O5/c1-7-8(18)6-11(12(13(7)19)16(24)26-3)27-10-5-4-9(28-17(21,22)23)14(20)15(10)25-2/h4-6H,1-3H3. The number of alkyl halides is 3. The third kappa shape index (κ3) is 4.38. The summed E-state index contributed by atoms with van der Waals surface area (Å²) in [5, 5.41) is -0.114. The number of esters is 1. The summed E-state index contributed by atoms with van der Waals surface area (Å²) in [6.07, 6.45) is -5.14. The Hall–Kier alpha value is -2.75. The Balaban J connectivity index is 2.57. The quantitative estimate of drug-likeness (QED) is 0.472. The molecule has 152 valence electrons. The van der Waals surface area contributed by atoms with Gasteiger partial charge in [0.25, 0.3) is 0 Å². The Morgan fingerprint density at radius 2 is 1.64 bits per heavy atom. The number of methoxy groups -OCH3 is 2. The maximum atomic E-state index is 14.5. The fourth-order valence-electron chi connectivity index (χ4n) is 2.18. The van der Waals surface area contributed by atoms with Gasteiger partial charge >= 0.3 is 12.3 Å². The largest absolute Gasteiger partial charge is 0.573 e. The lowest BCUT2D eigenvalue weighted by Crippen LogP contribution is -2.18. The number of halogens is 6. The molecule has 0 saturated carbocycles. The van der Waals surface area contributed by atoms with E-state index in [9.17, 15) is 26.7 Å². The van der Waals surface area contributed by atoms with Crippen LogP contribution in [-0.2, 0) is 4.74 Å². The average Bonchev–Trinajstić information content (AvgIpc) is 2.61. The van der Waals surface area contributed by atoms with Crippen LogP contribution in [0.4, 0.5) is 22.0 Å². The minimum atomic E-state index is -5.14. The van der Waals surface area contributed by atoms with Gasteiger partial charge in [-0.2, -0.15) is 4.39 Å². The molecule has 2 aromatic rings. The van der Waals surface area contributed by atoms with E-state index in [2.05, 4.69) is 9.47 Å². The van der Waals surface area contributed by atoms with Crippen LogP contribution in [0.5, 0.6) is 23.0 Å². The minimum absolute atomic E-state index is 0.0681. The van der Waals surface area contributed by atoms with Gasteiger partial charge in [0, 0.05) is 11.6 Å². The minimum Gasteiger partial charge on any atom is -0.490 e.